The van der Waals surface area contributed by atoms with Crippen molar-refractivity contribution < 1.29 is 9.90 Å². The zero-order chi connectivity index (χ0) is 15.7. The molecule has 0 saturated heterocycles. The van der Waals surface area contributed by atoms with Crippen LogP contribution in [-0.2, 0) is 0 Å². The van der Waals surface area contributed by atoms with Gasteiger partial charge in [-0.25, -0.2) is 9.78 Å². The van der Waals surface area contributed by atoms with E-state index in [4.69, 9.17) is 0 Å². The second-order valence-electron chi connectivity index (χ2n) is 5.65. The molecular formula is C17H19N3O2. The van der Waals surface area contributed by atoms with Gasteiger partial charge in [-0.3, -0.25) is 0 Å². The second-order valence-corrected chi connectivity index (χ2v) is 5.65. The summed E-state index contributed by atoms with van der Waals surface area (Å²) in [5, 5.41) is 12.7. The number of nitrogens with one attached hydrogen (secondary N) is 1. The summed E-state index contributed by atoms with van der Waals surface area (Å²) in [5.74, 6) is -0.0790. The number of hydrogen-bond acceptors (Lipinski definition) is 4. The lowest BCUT2D eigenvalue weighted by atomic mass is 9.94. The van der Waals surface area contributed by atoms with Crippen LogP contribution in [0.1, 0.15) is 34.1 Å². The molecule has 0 amide bonds. The number of aryl methyl sites for hydroxylation is 1. The number of anilines is 2. The maximum Gasteiger partial charge on any atom is 0.335 e. The first-order chi connectivity index (χ1) is 10.5. The quantitative estimate of drug-likeness (QED) is 0.911. The van der Waals surface area contributed by atoms with Crippen LogP contribution in [0.5, 0.6) is 0 Å². The van der Waals surface area contributed by atoms with E-state index in [2.05, 4.69) is 15.2 Å². The second kappa shape index (κ2) is 5.67. The molecule has 0 saturated carbocycles. The van der Waals surface area contributed by atoms with Gasteiger partial charge < -0.3 is 15.3 Å². The fraction of sp³-hybridized carbons (Fsp3) is 0.294. The van der Waals surface area contributed by atoms with Gasteiger partial charge in [-0.05, 0) is 49.2 Å². The summed E-state index contributed by atoms with van der Waals surface area (Å²) in [7, 11) is 2.03. The minimum atomic E-state index is -0.900. The Balaban J connectivity index is 1.96. The molecule has 0 spiro atoms. The van der Waals surface area contributed by atoms with Gasteiger partial charge in [-0.1, -0.05) is 6.07 Å². The molecule has 1 aliphatic heterocycles. The van der Waals surface area contributed by atoms with Crippen molar-refractivity contribution in [3.8, 4) is 0 Å². The summed E-state index contributed by atoms with van der Waals surface area (Å²) in [6.07, 6.45) is 0.905. The summed E-state index contributed by atoms with van der Waals surface area (Å²) < 4.78 is 0. The van der Waals surface area contributed by atoms with Crippen molar-refractivity contribution in [3.05, 3.63) is 53.2 Å². The van der Waals surface area contributed by atoms with Gasteiger partial charge in [0.15, 0.2) is 0 Å². The predicted octanol–water partition coefficient (Wildman–Crippen LogP) is 3.08. The molecule has 22 heavy (non-hydrogen) atoms. The summed E-state index contributed by atoms with van der Waals surface area (Å²) in [6.45, 7) is 2.87. The van der Waals surface area contributed by atoms with Gasteiger partial charge in [0, 0.05) is 25.0 Å². The van der Waals surface area contributed by atoms with Gasteiger partial charge in [0.1, 0.15) is 5.82 Å². The zero-order valence-electron chi connectivity index (χ0n) is 12.7. The van der Waals surface area contributed by atoms with Crippen LogP contribution in [0, 0.1) is 6.92 Å². The maximum atomic E-state index is 11.2. The Morgan fingerprint density at radius 3 is 2.91 bits per heavy atom. The van der Waals surface area contributed by atoms with E-state index < -0.39 is 5.97 Å². The molecule has 1 atom stereocenters. The Labute approximate surface area is 129 Å². The molecule has 2 heterocycles. The maximum absolute atomic E-state index is 11.2. The number of aromatic carboxylic acids is 1. The molecule has 3 rings (SSSR count). The van der Waals surface area contributed by atoms with Gasteiger partial charge in [0.05, 0.1) is 11.6 Å². The van der Waals surface area contributed by atoms with Crippen molar-refractivity contribution in [2.75, 3.05) is 23.8 Å². The topological polar surface area (TPSA) is 65.5 Å². The highest BCUT2D eigenvalue weighted by Gasteiger charge is 2.24. The fourth-order valence-corrected chi connectivity index (χ4v) is 2.86. The highest BCUT2D eigenvalue weighted by Crippen LogP contribution is 2.35. The van der Waals surface area contributed by atoms with Crippen molar-refractivity contribution >= 4 is 17.5 Å². The lowest BCUT2D eigenvalue weighted by Gasteiger charge is -2.34. The molecule has 0 radical (unpaired) electrons. The first-order valence-electron chi connectivity index (χ1n) is 7.33. The number of hydrogen-bond donors (Lipinski definition) is 2. The molecule has 1 aromatic carbocycles. The summed E-state index contributed by atoms with van der Waals surface area (Å²) in [4.78, 5) is 17.9. The van der Waals surface area contributed by atoms with E-state index in [1.807, 2.05) is 38.2 Å². The number of fused-ring (bicyclic) bond motifs is 1. The number of nitrogens with zero attached hydrogens (tertiary/aromatic N) is 2. The van der Waals surface area contributed by atoms with Crippen LogP contribution in [0.15, 0.2) is 36.4 Å². The number of carboxylic acids is 1. The molecule has 2 aromatic rings. The molecule has 1 unspecified atom stereocenters. The van der Waals surface area contributed by atoms with Crippen LogP contribution >= 0.6 is 0 Å². The first kappa shape index (κ1) is 14.4. The molecule has 0 fully saturated rings. The van der Waals surface area contributed by atoms with E-state index in [1.165, 1.54) is 0 Å². The van der Waals surface area contributed by atoms with Crippen LogP contribution in [0.25, 0.3) is 0 Å². The van der Waals surface area contributed by atoms with Crippen molar-refractivity contribution in [3.63, 3.8) is 0 Å². The molecule has 5 nitrogen and oxygen atoms in total. The van der Waals surface area contributed by atoms with Gasteiger partial charge in [0.25, 0.3) is 0 Å². The van der Waals surface area contributed by atoms with Crippen LogP contribution in [0.3, 0.4) is 0 Å². The number of aromatic nitrogens is 1. The minimum Gasteiger partial charge on any atom is -0.478 e. The Kier molecular flexibility index (Phi) is 3.71. The van der Waals surface area contributed by atoms with E-state index in [0.29, 0.717) is 5.56 Å². The molecular weight excluding hydrogens is 278 g/mol. The van der Waals surface area contributed by atoms with Gasteiger partial charge in [-0.15, -0.1) is 0 Å². The molecule has 1 aromatic heterocycles. The van der Waals surface area contributed by atoms with Crippen molar-refractivity contribution in [2.45, 2.75) is 19.4 Å². The van der Waals surface area contributed by atoms with Crippen molar-refractivity contribution in [2.24, 2.45) is 0 Å². The number of carboxylic acid groups (broad SMARTS) is 1. The van der Waals surface area contributed by atoms with E-state index in [1.54, 1.807) is 12.1 Å². The average Bonchev–Trinajstić information content (AvgIpc) is 2.50. The van der Waals surface area contributed by atoms with E-state index in [-0.39, 0.29) is 6.04 Å². The van der Waals surface area contributed by atoms with Crippen LogP contribution < -0.4 is 10.2 Å². The smallest absolute Gasteiger partial charge is 0.335 e. The first-order valence-corrected chi connectivity index (χ1v) is 7.33. The van der Waals surface area contributed by atoms with Crippen LogP contribution in [0.2, 0.25) is 0 Å². The van der Waals surface area contributed by atoms with Crippen LogP contribution in [-0.4, -0.2) is 29.7 Å². The lowest BCUT2D eigenvalue weighted by Crippen LogP contribution is -2.30. The standard InChI is InChI=1S/C17H19N3O2/c1-11-4-3-5-16(18-11)19-14-8-9-20(2)15-7-6-12(17(21)22)10-13(14)15/h3-7,10,14H,8-9H2,1-2H3,(H,18,19)(H,21,22). The third-order valence-electron chi connectivity index (χ3n) is 4.02. The number of pyridine rings is 1. The Bertz CT molecular complexity index is 715. The Morgan fingerprint density at radius 1 is 1.36 bits per heavy atom. The van der Waals surface area contributed by atoms with E-state index in [9.17, 15) is 9.90 Å². The van der Waals surface area contributed by atoms with Gasteiger partial charge in [0.2, 0.25) is 0 Å². The molecule has 2 N–H and O–H groups in total. The molecule has 0 aliphatic carbocycles. The largest absolute Gasteiger partial charge is 0.478 e. The lowest BCUT2D eigenvalue weighted by molar-refractivity contribution is 0.0696. The third kappa shape index (κ3) is 2.74. The SMILES string of the molecule is Cc1cccc(NC2CCN(C)c3ccc(C(=O)O)cc32)n1. The zero-order valence-corrected chi connectivity index (χ0v) is 12.7. The van der Waals surface area contributed by atoms with Crippen molar-refractivity contribution in [1.82, 2.24) is 4.98 Å². The fourth-order valence-electron chi connectivity index (χ4n) is 2.86. The molecule has 0 bridgehead atoms. The highest BCUT2D eigenvalue weighted by molar-refractivity contribution is 5.88. The monoisotopic (exact) mass is 297 g/mol. The van der Waals surface area contributed by atoms with Crippen molar-refractivity contribution in [1.29, 1.82) is 0 Å². The third-order valence-corrected chi connectivity index (χ3v) is 4.02. The van der Waals surface area contributed by atoms with Gasteiger partial charge in [-0.2, -0.15) is 0 Å². The molecule has 114 valence electrons. The number of benzene rings is 1. The van der Waals surface area contributed by atoms with E-state index >= 15 is 0 Å². The normalized spacial score (nSPS) is 17.0. The summed E-state index contributed by atoms with van der Waals surface area (Å²) >= 11 is 0. The van der Waals surface area contributed by atoms with Gasteiger partial charge >= 0.3 is 5.97 Å². The number of carbonyl (C=O) groups is 1. The summed E-state index contributed by atoms with van der Waals surface area (Å²) in [6, 6.07) is 11.2. The minimum absolute atomic E-state index is 0.0693. The molecule has 5 heteroatoms. The highest BCUT2D eigenvalue weighted by atomic mass is 16.4. The van der Waals surface area contributed by atoms with E-state index in [0.717, 1.165) is 35.7 Å². The Morgan fingerprint density at radius 2 is 2.18 bits per heavy atom. The summed E-state index contributed by atoms with van der Waals surface area (Å²) in [5.41, 5.74) is 3.36. The molecule has 1 aliphatic rings. The van der Waals surface area contributed by atoms with Crippen LogP contribution in [0.4, 0.5) is 11.5 Å². The average molecular weight is 297 g/mol. The Hall–Kier alpha value is -2.56. The predicted molar refractivity (Wildman–Crippen MR) is 86.6 cm³/mol. The number of rotatable bonds is 3.